The number of nitrogens with one attached hydrogen (secondary N) is 1. The predicted octanol–water partition coefficient (Wildman–Crippen LogP) is 1.26. The molecule has 1 atom stereocenters. The van der Waals surface area contributed by atoms with Crippen LogP contribution < -0.4 is 15.8 Å². The Labute approximate surface area is 118 Å². The Balaban J connectivity index is 2.64. The van der Waals surface area contributed by atoms with E-state index < -0.39 is 5.92 Å². The molecule has 1 amide bonds. The second-order valence-corrected chi connectivity index (χ2v) is 5.02. The molecule has 1 rings (SSSR count). The van der Waals surface area contributed by atoms with Gasteiger partial charge in [0.2, 0.25) is 11.8 Å². The molecule has 1 unspecified atom stereocenters. The third kappa shape index (κ3) is 4.48. The monoisotopic (exact) mass is 281 g/mol. The van der Waals surface area contributed by atoms with Crippen LogP contribution in [0.5, 0.6) is 5.88 Å². The number of carbonyl (C=O) groups is 1. The second-order valence-electron chi connectivity index (χ2n) is 4.55. The molecule has 0 spiro atoms. The summed E-state index contributed by atoms with van der Waals surface area (Å²) >= 11 is 4.93. The van der Waals surface area contributed by atoms with E-state index in [2.05, 4.69) is 10.3 Å². The van der Waals surface area contributed by atoms with Gasteiger partial charge in [0.25, 0.3) is 0 Å². The lowest BCUT2D eigenvalue weighted by Gasteiger charge is -2.18. The average molecular weight is 281 g/mol. The Hall–Kier alpha value is -1.69. The molecule has 0 bridgehead atoms. The van der Waals surface area contributed by atoms with Crippen molar-refractivity contribution in [3.8, 4) is 5.88 Å². The van der Waals surface area contributed by atoms with Gasteiger partial charge in [0.05, 0.1) is 18.0 Å². The number of pyridine rings is 1. The highest BCUT2D eigenvalue weighted by Gasteiger charge is 2.24. The maximum Gasteiger partial charge on any atom is 0.230 e. The molecule has 1 heterocycles. The summed E-state index contributed by atoms with van der Waals surface area (Å²) in [7, 11) is 1.55. The van der Waals surface area contributed by atoms with Gasteiger partial charge in [0.1, 0.15) is 0 Å². The summed E-state index contributed by atoms with van der Waals surface area (Å²) in [5.41, 5.74) is 6.50. The SMILES string of the molecule is COc1cc(CNC(=O)C(C(N)=S)C(C)C)ccn1. The quantitative estimate of drug-likeness (QED) is 0.768. The van der Waals surface area contributed by atoms with Crippen LogP contribution in [-0.4, -0.2) is 23.0 Å². The maximum absolute atomic E-state index is 12.0. The molecule has 1 aromatic heterocycles. The zero-order valence-electron chi connectivity index (χ0n) is 11.3. The maximum atomic E-state index is 12.0. The van der Waals surface area contributed by atoms with Crippen molar-refractivity contribution in [1.82, 2.24) is 10.3 Å². The first-order chi connectivity index (χ1) is 8.95. The fourth-order valence-electron chi connectivity index (χ4n) is 1.73. The number of nitrogens with zero attached hydrogens (tertiary/aromatic N) is 1. The first kappa shape index (κ1) is 15.4. The van der Waals surface area contributed by atoms with Crippen LogP contribution in [0.15, 0.2) is 18.3 Å². The highest BCUT2D eigenvalue weighted by atomic mass is 32.1. The third-order valence-corrected chi connectivity index (χ3v) is 2.98. The van der Waals surface area contributed by atoms with Crippen molar-refractivity contribution < 1.29 is 9.53 Å². The Bertz CT molecular complexity index is 463. The van der Waals surface area contributed by atoms with E-state index in [0.717, 1.165) is 5.56 Å². The van der Waals surface area contributed by atoms with Crippen LogP contribution in [0.1, 0.15) is 19.4 Å². The van der Waals surface area contributed by atoms with E-state index in [1.807, 2.05) is 19.9 Å². The minimum atomic E-state index is -0.446. The minimum Gasteiger partial charge on any atom is -0.481 e. The molecule has 19 heavy (non-hydrogen) atoms. The van der Waals surface area contributed by atoms with Gasteiger partial charge in [-0.15, -0.1) is 0 Å². The van der Waals surface area contributed by atoms with Crippen molar-refractivity contribution in [2.24, 2.45) is 17.6 Å². The van der Waals surface area contributed by atoms with E-state index in [4.69, 9.17) is 22.7 Å². The Kier molecular flexibility index (Phi) is 5.69. The molecule has 0 fully saturated rings. The summed E-state index contributed by atoms with van der Waals surface area (Å²) in [5, 5.41) is 2.82. The van der Waals surface area contributed by atoms with Crippen molar-refractivity contribution in [2.75, 3.05) is 7.11 Å². The zero-order chi connectivity index (χ0) is 14.4. The van der Waals surface area contributed by atoms with Gasteiger partial charge in [-0.2, -0.15) is 0 Å². The molecular formula is C13H19N3O2S. The highest BCUT2D eigenvalue weighted by molar-refractivity contribution is 7.80. The summed E-state index contributed by atoms with van der Waals surface area (Å²) in [5.74, 6) is -0.0111. The fourth-order valence-corrected chi connectivity index (χ4v) is 2.11. The van der Waals surface area contributed by atoms with E-state index in [-0.39, 0.29) is 16.8 Å². The van der Waals surface area contributed by atoms with Crippen LogP contribution in [0, 0.1) is 11.8 Å². The molecule has 3 N–H and O–H groups in total. The fraction of sp³-hybridized carbons (Fsp3) is 0.462. The molecule has 0 saturated heterocycles. The molecule has 0 aliphatic carbocycles. The van der Waals surface area contributed by atoms with Gasteiger partial charge in [-0.1, -0.05) is 26.1 Å². The number of carbonyl (C=O) groups excluding carboxylic acids is 1. The summed E-state index contributed by atoms with van der Waals surface area (Å²) in [6, 6.07) is 3.58. The first-order valence-electron chi connectivity index (χ1n) is 6.01. The van der Waals surface area contributed by atoms with Crippen molar-refractivity contribution >= 4 is 23.1 Å². The number of nitrogens with two attached hydrogens (primary N) is 1. The number of thiocarbonyl (C=S) groups is 1. The summed E-state index contributed by atoms with van der Waals surface area (Å²) < 4.78 is 5.02. The number of hydrogen-bond acceptors (Lipinski definition) is 4. The first-order valence-corrected chi connectivity index (χ1v) is 6.42. The molecule has 104 valence electrons. The van der Waals surface area contributed by atoms with Gasteiger partial charge >= 0.3 is 0 Å². The number of amides is 1. The van der Waals surface area contributed by atoms with Gasteiger partial charge in [0.15, 0.2) is 0 Å². The highest BCUT2D eigenvalue weighted by Crippen LogP contribution is 2.12. The Morgan fingerprint density at radius 1 is 1.58 bits per heavy atom. The molecule has 6 heteroatoms. The number of hydrogen-bond donors (Lipinski definition) is 2. The molecule has 0 radical (unpaired) electrons. The van der Waals surface area contributed by atoms with Gasteiger partial charge in [0, 0.05) is 18.8 Å². The summed E-state index contributed by atoms with van der Waals surface area (Å²) in [4.78, 5) is 16.3. The van der Waals surface area contributed by atoms with E-state index in [0.29, 0.717) is 12.4 Å². The molecule has 1 aromatic rings. The van der Waals surface area contributed by atoms with Crippen molar-refractivity contribution in [3.63, 3.8) is 0 Å². The van der Waals surface area contributed by atoms with Gasteiger partial charge in [-0.25, -0.2) is 4.98 Å². The minimum absolute atomic E-state index is 0.0736. The van der Waals surface area contributed by atoms with Gasteiger partial charge in [-0.3, -0.25) is 4.79 Å². The molecule has 0 aliphatic heterocycles. The van der Waals surface area contributed by atoms with Crippen LogP contribution in [0.2, 0.25) is 0 Å². The molecule has 0 saturated carbocycles. The van der Waals surface area contributed by atoms with Gasteiger partial charge < -0.3 is 15.8 Å². The average Bonchev–Trinajstić information content (AvgIpc) is 2.35. The van der Waals surface area contributed by atoms with E-state index in [9.17, 15) is 4.79 Å². The second kappa shape index (κ2) is 7.04. The van der Waals surface area contributed by atoms with Crippen molar-refractivity contribution in [2.45, 2.75) is 20.4 Å². The van der Waals surface area contributed by atoms with Crippen LogP contribution in [-0.2, 0) is 11.3 Å². The normalized spacial score (nSPS) is 12.0. The Morgan fingerprint density at radius 3 is 2.79 bits per heavy atom. The lowest BCUT2D eigenvalue weighted by atomic mass is 9.95. The number of methoxy groups -OCH3 is 1. The number of ether oxygens (including phenoxy) is 1. The van der Waals surface area contributed by atoms with Crippen LogP contribution in [0.3, 0.4) is 0 Å². The van der Waals surface area contributed by atoms with Crippen molar-refractivity contribution in [1.29, 1.82) is 0 Å². The van der Waals surface area contributed by atoms with E-state index in [1.165, 1.54) is 0 Å². The lowest BCUT2D eigenvalue weighted by molar-refractivity contribution is -0.124. The summed E-state index contributed by atoms with van der Waals surface area (Å²) in [6.07, 6.45) is 1.63. The standard InChI is InChI=1S/C13H19N3O2S/c1-8(2)11(12(14)19)13(17)16-7-9-4-5-15-10(6-9)18-3/h4-6,8,11H,7H2,1-3H3,(H2,14,19)(H,16,17). The van der Waals surface area contributed by atoms with Crippen LogP contribution in [0.4, 0.5) is 0 Å². The lowest BCUT2D eigenvalue weighted by Crippen LogP contribution is -2.40. The van der Waals surface area contributed by atoms with E-state index in [1.54, 1.807) is 19.4 Å². The molecule has 0 aromatic carbocycles. The summed E-state index contributed by atoms with van der Waals surface area (Å²) in [6.45, 7) is 4.22. The van der Waals surface area contributed by atoms with E-state index >= 15 is 0 Å². The predicted molar refractivity (Wildman–Crippen MR) is 77.7 cm³/mol. The molecule has 0 aliphatic rings. The largest absolute Gasteiger partial charge is 0.481 e. The van der Waals surface area contributed by atoms with Crippen LogP contribution >= 0.6 is 12.2 Å². The Morgan fingerprint density at radius 2 is 2.26 bits per heavy atom. The smallest absolute Gasteiger partial charge is 0.230 e. The topological polar surface area (TPSA) is 77.2 Å². The van der Waals surface area contributed by atoms with Gasteiger partial charge in [-0.05, 0) is 17.5 Å². The zero-order valence-corrected chi connectivity index (χ0v) is 12.2. The molecular weight excluding hydrogens is 262 g/mol. The third-order valence-electron chi connectivity index (χ3n) is 2.73. The number of rotatable bonds is 6. The van der Waals surface area contributed by atoms with Crippen molar-refractivity contribution in [3.05, 3.63) is 23.9 Å². The van der Waals surface area contributed by atoms with Crippen LogP contribution in [0.25, 0.3) is 0 Å². The number of aromatic nitrogens is 1. The molecule has 5 nitrogen and oxygen atoms in total.